The van der Waals surface area contributed by atoms with Crippen molar-refractivity contribution < 1.29 is 13.9 Å². The van der Waals surface area contributed by atoms with Crippen LogP contribution in [0.2, 0.25) is 0 Å². The first-order valence-electron chi connectivity index (χ1n) is 6.85. The van der Waals surface area contributed by atoms with Crippen LogP contribution in [0.3, 0.4) is 0 Å². The topological polar surface area (TPSA) is 30.5 Å². The van der Waals surface area contributed by atoms with Crippen LogP contribution in [-0.2, 0) is 11.3 Å². The Balaban J connectivity index is 1.94. The SMILES string of the molecule is COCCCOc1cc(C)c(F)c(CNC2CC2)c1. The normalized spacial score (nSPS) is 14.7. The van der Waals surface area contributed by atoms with Gasteiger partial charge in [-0.05, 0) is 37.5 Å². The van der Waals surface area contributed by atoms with Crippen LogP contribution in [-0.4, -0.2) is 26.4 Å². The molecule has 0 aromatic heterocycles. The second-order valence-electron chi connectivity index (χ2n) is 5.06. The van der Waals surface area contributed by atoms with Crippen molar-refractivity contribution in [3.63, 3.8) is 0 Å². The molecule has 0 aliphatic heterocycles. The average Bonchev–Trinajstić information content (AvgIpc) is 3.21. The fourth-order valence-corrected chi connectivity index (χ4v) is 1.95. The Bertz CT molecular complexity index is 419. The van der Waals surface area contributed by atoms with Gasteiger partial charge in [0.15, 0.2) is 0 Å². The van der Waals surface area contributed by atoms with Gasteiger partial charge in [-0.3, -0.25) is 0 Å². The van der Waals surface area contributed by atoms with Gasteiger partial charge in [-0.25, -0.2) is 4.39 Å². The van der Waals surface area contributed by atoms with Crippen LogP contribution in [0.25, 0.3) is 0 Å². The molecule has 1 aliphatic rings. The number of hydrogen-bond acceptors (Lipinski definition) is 3. The maximum atomic E-state index is 14.0. The minimum atomic E-state index is -0.127. The van der Waals surface area contributed by atoms with Crippen molar-refractivity contribution in [1.29, 1.82) is 0 Å². The van der Waals surface area contributed by atoms with E-state index in [9.17, 15) is 4.39 Å². The first-order chi connectivity index (χ1) is 9.20. The first kappa shape index (κ1) is 14.3. The molecule has 0 amide bonds. The molecule has 1 aromatic rings. The van der Waals surface area contributed by atoms with Crippen molar-refractivity contribution in [3.05, 3.63) is 29.1 Å². The van der Waals surface area contributed by atoms with E-state index >= 15 is 0 Å². The molecule has 0 unspecified atom stereocenters. The van der Waals surface area contributed by atoms with Crippen LogP contribution >= 0.6 is 0 Å². The molecule has 3 nitrogen and oxygen atoms in total. The van der Waals surface area contributed by atoms with E-state index in [1.165, 1.54) is 12.8 Å². The molecule has 0 atom stereocenters. The van der Waals surface area contributed by atoms with E-state index < -0.39 is 0 Å². The first-order valence-corrected chi connectivity index (χ1v) is 6.85. The Morgan fingerprint density at radius 2 is 2.11 bits per heavy atom. The summed E-state index contributed by atoms with van der Waals surface area (Å²) in [6.07, 6.45) is 3.24. The van der Waals surface area contributed by atoms with E-state index in [2.05, 4.69) is 5.32 Å². The number of rotatable bonds is 8. The minimum absolute atomic E-state index is 0.127. The zero-order valence-electron chi connectivity index (χ0n) is 11.7. The third kappa shape index (κ3) is 4.48. The van der Waals surface area contributed by atoms with Crippen LogP contribution in [0.5, 0.6) is 5.75 Å². The van der Waals surface area contributed by atoms with E-state index in [1.54, 1.807) is 26.2 Å². The van der Waals surface area contributed by atoms with Gasteiger partial charge in [-0.2, -0.15) is 0 Å². The summed E-state index contributed by atoms with van der Waals surface area (Å²) in [4.78, 5) is 0. The number of aryl methyl sites for hydroxylation is 1. The minimum Gasteiger partial charge on any atom is -0.493 e. The Morgan fingerprint density at radius 1 is 1.32 bits per heavy atom. The van der Waals surface area contributed by atoms with E-state index in [1.807, 2.05) is 0 Å². The van der Waals surface area contributed by atoms with Crippen LogP contribution in [0.4, 0.5) is 4.39 Å². The summed E-state index contributed by atoms with van der Waals surface area (Å²) < 4.78 is 24.6. The van der Waals surface area contributed by atoms with Crippen LogP contribution in [0.15, 0.2) is 12.1 Å². The standard InChI is InChI=1S/C15H22FNO2/c1-11-8-14(19-7-3-6-18-2)9-12(15(11)16)10-17-13-4-5-13/h8-9,13,17H,3-7,10H2,1-2H3. The van der Waals surface area contributed by atoms with Crippen LogP contribution < -0.4 is 10.1 Å². The third-order valence-electron chi connectivity index (χ3n) is 3.22. The highest BCUT2D eigenvalue weighted by Gasteiger charge is 2.21. The van der Waals surface area contributed by atoms with Gasteiger partial charge in [0.2, 0.25) is 0 Å². The molecule has 0 heterocycles. The van der Waals surface area contributed by atoms with Gasteiger partial charge < -0.3 is 14.8 Å². The Labute approximate surface area is 114 Å². The van der Waals surface area contributed by atoms with Crippen LogP contribution in [0.1, 0.15) is 30.4 Å². The van der Waals surface area contributed by atoms with Crippen molar-refractivity contribution in [2.45, 2.75) is 38.8 Å². The van der Waals surface area contributed by atoms with Gasteiger partial charge in [0.1, 0.15) is 11.6 Å². The number of hydrogen-bond donors (Lipinski definition) is 1. The smallest absolute Gasteiger partial charge is 0.130 e. The second kappa shape index (κ2) is 6.87. The lowest BCUT2D eigenvalue weighted by Gasteiger charge is -2.12. The molecule has 0 spiro atoms. The predicted molar refractivity (Wildman–Crippen MR) is 73.0 cm³/mol. The molecule has 1 fully saturated rings. The highest BCUT2D eigenvalue weighted by molar-refractivity contribution is 5.35. The lowest BCUT2D eigenvalue weighted by Crippen LogP contribution is -2.16. The molecule has 1 saturated carbocycles. The highest BCUT2D eigenvalue weighted by atomic mass is 19.1. The summed E-state index contributed by atoms with van der Waals surface area (Å²) in [5.41, 5.74) is 1.32. The molecular weight excluding hydrogens is 245 g/mol. The third-order valence-corrected chi connectivity index (χ3v) is 3.22. The summed E-state index contributed by atoms with van der Waals surface area (Å²) >= 11 is 0. The number of benzene rings is 1. The van der Waals surface area contributed by atoms with E-state index in [0.717, 1.165) is 12.2 Å². The summed E-state index contributed by atoms with van der Waals surface area (Å²) in [5, 5.41) is 3.33. The van der Waals surface area contributed by atoms with Crippen molar-refractivity contribution in [2.24, 2.45) is 0 Å². The summed E-state index contributed by atoms with van der Waals surface area (Å²) in [5.74, 6) is 0.611. The number of methoxy groups -OCH3 is 1. The molecule has 4 heteroatoms. The fourth-order valence-electron chi connectivity index (χ4n) is 1.95. The summed E-state index contributed by atoms with van der Waals surface area (Å²) in [7, 11) is 1.67. The molecule has 1 aliphatic carbocycles. The summed E-state index contributed by atoms with van der Waals surface area (Å²) in [6.45, 7) is 3.62. The Hall–Kier alpha value is -1.13. The van der Waals surface area contributed by atoms with Gasteiger partial charge in [-0.15, -0.1) is 0 Å². The van der Waals surface area contributed by atoms with Gasteiger partial charge in [0.25, 0.3) is 0 Å². The maximum absolute atomic E-state index is 14.0. The number of nitrogens with one attached hydrogen (secondary N) is 1. The summed E-state index contributed by atoms with van der Waals surface area (Å²) in [6, 6.07) is 4.12. The van der Waals surface area contributed by atoms with Gasteiger partial charge >= 0.3 is 0 Å². The quantitative estimate of drug-likeness (QED) is 0.735. The molecule has 0 bridgehead atoms. The van der Waals surface area contributed by atoms with Crippen molar-refractivity contribution in [2.75, 3.05) is 20.3 Å². The van der Waals surface area contributed by atoms with E-state index in [4.69, 9.17) is 9.47 Å². The molecule has 0 radical (unpaired) electrons. The Morgan fingerprint density at radius 3 is 2.79 bits per heavy atom. The maximum Gasteiger partial charge on any atom is 0.130 e. The zero-order valence-corrected chi connectivity index (χ0v) is 11.7. The Kier molecular flexibility index (Phi) is 5.16. The lowest BCUT2D eigenvalue weighted by molar-refractivity contribution is 0.172. The lowest BCUT2D eigenvalue weighted by atomic mass is 10.1. The molecule has 0 saturated heterocycles. The molecule has 106 valence electrons. The monoisotopic (exact) mass is 267 g/mol. The average molecular weight is 267 g/mol. The van der Waals surface area contributed by atoms with Crippen LogP contribution in [0, 0.1) is 12.7 Å². The van der Waals surface area contributed by atoms with Gasteiger partial charge in [0.05, 0.1) is 6.61 Å². The van der Waals surface area contributed by atoms with E-state index in [-0.39, 0.29) is 5.82 Å². The molecule has 1 N–H and O–H groups in total. The molecule has 19 heavy (non-hydrogen) atoms. The fraction of sp³-hybridized carbons (Fsp3) is 0.600. The van der Waals surface area contributed by atoms with E-state index in [0.29, 0.717) is 36.9 Å². The molecular formula is C15H22FNO2. The second-order valence-corrected chi connectivity index (χ2v) is 5.06. The number of halogens is 1. The molecule has 1 aromatic carbocycles. The predicted octanol–water partition coefficient (Wildman–Crippen LogP) is 2.80. The zero-order chi connectivity index (χ0) is 13.7. The van der Waals surface area contributed by atoms with Gasteiger partial charge in [-0.1, -0.05) is 0 Å². The number of ether oxygens (including phenoxy) is 2. The van der Waals surface area contributed by atoms with Gasteiger partial charge in [0, 0.05) is 38.3 Å². The molecule has 2 rings (SSSR count). The van der Waals surface area contributed by atoms with Crippen molar-refractivity contribution in [1.82, 2.24) is 5.32 Å². The highest BCUT2D eigenvalue weighted by Crippen LogP contribution is 2.24. The largest absolute Gasteiger partial charge is 0.493 e. The van der Waals surface area contributed by atoms with Crippen molar-refractivity contribution >= 4 is 0 Å². The van der Waals surface area contributed by atoms with Crippen molar-refractivity contribution in [3.8, 4) is 5.75 Å².